The molecule has 1 N–H and O–H groups in total. The van der Waals surface area contributed by atoms with Crippen LogP contribution in [0.1, 0.15) is 26.3 Å². The molecule has 112 valence electrons. The van der Waals surface area contributed by atoms with Crippen LogP contribution >= 0.6 is 11.6 Å². The fourth-order valence-corrected chi connectivity index (χ4v) is 2.00. The zero-order valence-corrected chi connectivity index (χ0v) is 12.8. The Hall–Kier alpha value is -2.01. The van der Waals surface area contributed by atoms with E-state index in [2.05, 4.69) is 17.3 Å². The van der Waals surface area contributed by atoms with Crippen molar-refractivity contribution in [1.82, 2.24) is 9.78 Å². The first-order chi connectivity index (χ1) is 10.1. The molecule has 0 radical (unpaired) electrons. The van der Waals surface area contributed by atoms with Gasteiger partial charge in [-0.2, -0.15) is 5.10 Å². The van der Waals surface area contributed by atoms with Gasteiger partial charge < -0.3 is 10.1 Å². The van der Waals surface area contributed by atoms with Crippen molar-refractivity contribution < 1.29 is 9.53 Å². The average Bonchev–Trinajstić information content (AvgIpc) is 2.92. The highest BCUT2D eigenvalue weighted by Gasteiger charge is 2.11. The van der Waals surface area contributed by atoms with Crippen LogP contribution in [0.5, 0.6) is 5.75 Å². The van der Waals surface area contributed by atoms with Crippen molar-refractivity contribution in [2.45, 2.75) is 26.3 Å². The van der Waals surface area contributed by atoms with E-state index < -0.39 is 0 Å². The van der Waals surface area contributed by atoms with Crippen molar-refractivity contribution in [2.75, 3.05) is 11.9 Å². The minimum Gasteiger partial charge on any atom is -0.484 e. The maximum absolute atomic E-state index is 11.9. The molecule has 1 aromatic carbocycles. The number of hydrogen-bond donors (Lipinski definition) is 1. The fraction of sp³-hybridized carbons (Fsp3) is 0.333. The van der Waals surface area contributed by atoms with Gasteiger partial charge >= 0.3 is 0 Å². The van der Waals surface area contributed by atoms with Gasteiger partial charge in [-0.15, -0.1) is 0 Å². The quantitative estimate of drug-likeness (QED) is 0.888. The number of carbonyl (C=O) groups is 1. The molecule has 0 aliphatic heterocycles. The zero-order valence-electron chi connectivity index (χ0n) is 12.0. The van der Waals surface area contributed by atoms with Crippen LogP contribution in [0.15, 0.2) is 36.5 Å². The summed E-state index contributed by atoms with van der Waals surface area (Å²) < 4.78 is 7.19. The zero-order chi connectivity index (χ0) is 15.2. The summed E-state index contributed by atoms with van der Waals surface area (Å²) in [5, 5.41) is 7.58. The Kier molecular flexibility index (Phi) is 5.22. The average molecular weight is 308 g/mol. The number of rotatable bonds is 6. The number of benzene rings is 1. The van der Waals surface area contributed by atoms with Gasteiger partial charge in [0.2, 0.25) is 0 Å². The number of ether oxygens (including phenoxy) is 1. The number of carbonyl (C=O) groups excluding carboxylic acids is 1. The smallest absolute Gasteiger partial charge is 0.263 e. The third-order valence-electron chi connectivity index (χ3n) is 3.11. The first-order valence-corrected chi connectivity index (χ1v) is 7.19. The predicted molar refractivity (Wildman–Crippen MR) is 82.8 cm³/mol. The Morgan fingerprint density at radius 1 is 1.48 bits per heavy atom. The van der Waals surface area contributed by atoms with Crippen molar-refractivity contribution in [3.63, 3.8) is 0 Å². The summed E-state index contributed by atoms with van der Waals surface area (Å²) >= 11 is 5.85. The largest absolute Gasteiger partial charge is 0.484 e. The van der Waals surface area contributed by atoms with Crippen LogP contribution in [0.4, 0.5) is 5.82 Å². The molecule has 21 heavy (non-hydrogen) atoms. The van der Waals surface area contributed by atoms with Gasteiger partial charge in [-0.1, -0.05) is 24.6 Å². The molecule has 1 aromatic heterocycles. The molecule has 0 unspecified atom stereocenters. The number of aromatic nitrogens is 2. The molecule has 0 saturated heterocycles. The summed E-state index contributed by atoms with van der Waals surface area (Å²) in [6, 6.07) is 8.93. The third kappa shape index (κ3) is 4.23. The van der Waals surface area contributed by atoms with Gasteiger partial charge in [-0.05, 0) is 31.5 Å². The Morgan fingerprint density at radius 2 is 2.29 bits per heavy atom. The van der Waals surface area contributed by atoms with Gasteiger partial charge in [0.1, 0.15) is 11.6 Å². The molecule has 0 saturated carbocycles. The lowest BCUT2D eigenvalue weighted by Gasteiger charge is -2.14. The van der Waals surface area contributed by atoms with E-state index in [0.717, 1.165) is 6.42 Å². The number of nitrogens with zero attached hydrogens (tertiary/aromatic N) is 2. The molecule has 6 heteroatoms. The van der Waals surface area contributed by atoms with E-state index >= 15 is 0 Å². The van der Waals surface area contributed by atoms with Gasteiger partial charge in [0.25, 0.3) is 5.91 Å². The van der Waals surface area contributed by atoms with Crippen molar-refractivity contribution in [3.8, 4) is 5.75 Å². The van der Waals surface area contributed by atoms with E-state index in [0.29, 0.717) is 16.6 Å². The van der Waals surface area contributed by atoms with Crippen molar-refractivity contribution >= 4 is 23.3 Å². The standard InChI is InChI=1S/C15H18ClN3O2/c1-3-11(2)19-14(7-8-17-19)18-15(20)10-21-13-6-4-5-12(16)9-13/h4-9,11H,3,10H2,1-2H3,(H,18,20)/t11-/m0/s1. The molecule has 0 aliphatic rings. The van der Waals surface area contributed by atoms with E-state index in [-0.39, 0.29) is 18.6 Å². The summed E-state index contributed by atoms with van der Waals surface area (Å²) in [6.45, 7) is 4.04. The number of halogens is 1. The first kappa shape index (κ1) is 15.4. The lowest BCUT2D eigenvalue weighted by molar-refractivity contribution is -0.118. The van der Waals surface area contributed by atoms with Crippen molar-refractivity contribution in [2.24, 2.45) is 0 Å². The molecule has 5 nitrogen and oxygen atoms in total. The van der Waals surface area contributed by atoms with Crippen LogP contribution in [0.2, 0.25) is 5.02 Å². The van der Waals surface area contributed by atoms with E-state index in [4.69, 9.17) is 16.3 Å². The Balaban J connectivity index is 1.92. The van der Waals surface area contributed by atoms with Crippen LogP contribution in [0, 0.1) is 0 Å². The van der Waals surface area contributed by atoms with E-state index in [1.807, 2.05) is 6.92 Å². The highest BCUT2D eigenvalue weighted by Crippen LogP contribution is 2.18. The molecule has 2 aromatic rings. The van der Waals surface area contributed by atoms with Crippen LogP contribution in [-0.2, 0) is 4.79 Å². The van der Waals surface area contributed by atoms with Gasteiger partial charge in [-0.3, -0.25) is 4.79 Å². The second-order valence-corrected chi connectivity index (χ2v) is 5.15. The Morgan fingerprint density at radius 3 is 3.00 bits per heavy atom. The van der Waals surface area contributed by atoms with E-state index in [9.17, 15) is 4.79 Å². The summed E-state index contributed by atoms with van der Waals surface area (Å²) in [6.07, 6.45) is 2.60. The van der Waals surface area contributed by atoms with Crippen LogP contribution in [-0.4, -0.2) is 22.3 Å². The molecular formula is C15H18ClN3O2. The summed E-state index contributed by atoms with van der Waals surface area (Å²) in [5.74, 6) is 0.997. The maximum Gasteiger partial charge on any atom is 0.263 e. The number of hydrogen-bond acceptors (Lipinski definition) is 3. The number of nitrogens with one attached hydrogen (secondary N) is 1. The molecule has 2 rings (SSSR count). The lowest BCUT2D eigenvalue weighted by Crippen LogP contribution is -2.22. The Labute approximate surface area is 128 Å². The predicted octanol–water partition coefficient (Wildman–Crippen LogP) is 3.53. The highest BCUT2D eigenvalue weighted by molar-refractivity contribution is 6.30. The van der Waals surface area contributed by atoms with Gasteiger partial charge in [0, 0.05) is 11.1 Å². The molecule has 1 heterocycles. The fourth-order valence-electron chi connectivity index (χ4n) is 1.82. The molecular weight excluding hydrogens is 290 g/mol. The topological polar surface area (TPSA) is 56.2 Å². The van der Waals surface area contributed by atoms with Gasteiger partial charge in [-0.25, -0.2) is 4.68 Å². The van der Waals surface area contributed by atoms with Crippen molar-refractivity contribution in [1.29, 1.82) is 0 Å². The second-order valence-electron chi connectivity index (χ2n) is 4.71. The van der Waals surface area contributed by atoms with Gasteiger partial charge in [0.15, 0.2) is 6.61 Å². The third-order valence-corrected chi connectivity index (χ3v) is 3.35. The molecule has 1 amide bonds. The highest BCUT2D eigenvalue weighted by atomic mass is 35.5. The minimum atomic E-state index is -0.236. The molecule has 0 bridgehead atoms. The molecule has 0 aliphatic carbocycles. The molecule has 0 fully saturated rings. The van der Waals surface area contributed by atoms with Crippen molar-refractivity contribution in [3.05, 3.63) is 41.6 Å². The van der Waals surface area contributed by atoms with Crippen LogP contribution in [0.25, 0.3) is 0 Å². The van der Waals surface area contributed by atoms with Gasteiger partial charge in [0.05, 0.1) is 12.2 Å². The minimum absolute atomic E-state index is 0.0774. The normalized spacial score (nSPS) is 12.0. The first-order valence-electron chi connectivity index (χ1n) is 6.82. The van der Waals surface area contributed by atoms with E-state index in [1.54, 1.807) is 41.2 Å². The Bertz CT molecular complexity index is 612. The lowest BCUT2D eigenvalue weighted by atomic mass is 10.3. The monoisotopic (exact) mass is 307 g/mol. The number of anilines is 1. The second kappa shape index (κ2) is 7.13. The van der Waals surface area contributed by atoms with E-state index in [1.165, 1.54) is 0 Å². The molecule has 1 atom stereocenters. The summed E-state index contributed by atoms with van der Waals surface area (Å²) in [7, 11) is 0. The summed E-state index contributed by atoms with van der Waals surface area (Å²) in [5.41, 5.74) is 0. The SMILES string of the molecule is CC[C@H](C)n1nccc1NC(=O)COc1cccc(Cl)c1. The summed E-state index contributed by atoms with van der Waals surface area (Å²) in [4.78, 5) is 11.9. The maximum atomic E-state index is 11.9. The van der Waals surface area contributed by atoms with Crippen LogP contribution in [0.3, 0.4) is 0 Å². The van der Waals surface area contributed by atoms with Crippen LogP contribution < -0.4 is 10.1 Å². The number of amides is 1. The molecule has 0 spiro atoms.